The SMILES string of the molecule is CCC(C)N(CC(=O)O)Cc1ccc(F)cc1C(F)(F)F. The minimum Gasteiger partial charge on any atom is -0.480 e. The number of rotatable bonds is 6. The van der Waals surface area contributed by atoms with Crippen molar-refractivity contribution < 1.29 is 27.5 Å². The van der Waals surface area contributed by atoms with Crippen LogP contribution >= 0.6 is 0 Å². The van der Waals surface area contributed by atoms with Crippen molar-refractivity contribution in [2.45, 2.75) is 39.0 Å². The Balaban J connectivity index is 3.11. The monoisotopic (exact) mass is 307 g/mol. The molecular formula is C14H17F4NO2. The van der Waals surface area contributed by atoms with E-state index in [0.29, 0.717) is 12.5 Å². The van der Waals surface area contributed by atoms with Gasteiger partial charge < -0.3 is 5.11 Å². The molecule has 1 N–H and O–H groups in total. The molecule has 1 aromatic carbocycles. The van der Waals surface area contributed by atoms with Gasteiger partial charge in [0.1, 0.15) is 5.82 Å². The average molecular weight is 307 g/mol. The Kier molecular flexibility index (Phi) is 5.71. The van der Waals surface area contributed by atoms with Crippen LogP contribution in [0.1, 0.15) is 31.4 Å². The smallest absolute Gasteiger partial charge is 0.416 e. The third-order valence-electron chi connectivity index (χ3n) is 3.30. The lowest BCUT2D eigenvalue weighted by Crippen LogP contribution is -2.37. The highest BCUT2D eigenvalue weighted by Gasteiger charge is 2.34. The van der Waals surface area contributed by atoms with Crippen molar-refractivity contribution in [3.8, 4) is 0 Å². The van der Waals surface area contributed by atoms with Crippen LogP contribution in [0.4, 0.5) is 17.6 Å². The Morgan fingerprint density at radius 3 is 2.48 bits per heavy atom. The summed E-state index contributed by atoms with van der Waals surface area (Å²) in [5.41, 5.74) is -1.20. The summed E-state index contributed by atoms with van der Waals surface area (Å²) in [6.07, 6.45) is -4.09. The van der Waals surface area contributed by atoms with Crippen molar-refractivity contribution in [2.24, 2.45) is 0 Å². The average Bonchev–Trinajstić information content (AvgIpc) is 2.37. The third-order valence-corrected chi connectivity index (χ3v) is 3.30. The molecule has 0 fully saturated rings. The Hall–Kier alpha value is -1.63. The molecule has 0 saturated heterocycles. The van der Waals surface area contributed by atoms with Crippen molar-refractivity contribution in [3.05, 3.63) is 35.1 Å². The van der Waals surface area contributed by atoms with Crippen molar-refractivity contribution in [2.75, 3.05) is 6.54 Å². The maximum atomic E-state index is 13.0. The van der Waals surface area contributed by atoms with Crippen molar-refractivity contribution >= 4 is 5.97 Å². The van der Waals surface area contributed by atoms with E-state index in [-0.39, 0.29) is 24.7 Å². The number of carboxylic acids is 1. The highest BCUT2D eigenvalue weighted by Crippen LogP contribution is 2.33. The van der Waals surface area contributed by atoms with Crippen LogP contribution < -0.4 is 0 Å². The molecule has 21 heavy (non-hydrogen) atoms. The number of alkyl halides is 3. The van der Waals surface area contributed by atoms with E-state index in [1.807, 2.05) is 6.92 Å². The van der Waals surface area contributed by atoms with E-state index >= 15 is 0 Å². The van der Waals surface area contributed by atoms with E-state index in [2.05, 4.69) is 0 Å². The Morgan fingerprint density at radius 2 is 2.00 bits per heavy atom. The van der Waals surface area contributed by atoms with Crippen LogP contribution in [-0.4, -0.2) is 28.6 Å². The maximum absolute atomic E-state index is 13.0. The van der Waals surface area contributed by atoms with Crippen molar-refractivity contribution in [1.29, 1.82) is 0 Å². The van der Waals surface area contributed by atoms with E-state index in [1.165, 1.54) is 4.90 Å². The van der Waals surface area contributed by atoms with Crippen LogP contribution in [0.3, 0.4) is 0 Å². The lowest BCUT2D eigenvalue weighted by atomic mass is 10.0. The maximum Gasteiger partial charge on any atom is 0.416 e. The summed E-state index contributed by atoms with van der Waals surface area (Å²) in [6, 6.07) is 2.23. The molecule has 1 unspecified atom stereocenters. The third kappa shape index (κ3) is 5.00. The quantitative estimate of drug-likeness (QED) is 0.817. The van der Waals surface area contributed by atoms with Crippen LogP contribution in [0.2, 0.25) is 0 Å². The first-order valence-electron chi connectivity index (χ1n) is 6.46. The van der Waals surface area contributed by atoms with E-state index in [1.54, 1.807) is 6.92 Å². The molecule has 0 aliphatic heterocycles. The second-order valence-electron chi connectivity index (χ2n) is 4.86. The zero-order valence-electron chi connectivity index (χ0n) is 11.7. The fourth-order valence-electron chi connectivity index (χ4n) is 1.97. The van der Waals surface area contributed by atoms with Gasteiger partial charge in [0, 0.05) is 12.6 Å². The van der Waals surface area contributed by atoms with Gasteiger partial charge in [-0.1, -0.05) is 13.0 Å². The molecule has 0 bridgehead atoms. The summed E-state index contributed by atoms with van der Waals surface area (Å²) in [7, 11) is 0. The van der Waals surface area contributed by atoms with E-state index < -0.39 is 23.5 Å². The van der Waals surface area contributed by atoms with Gasteiger partial charge in [-0.25, -0.2) is 4.39 Å². The standard InChI is InChI=1S/C14H17F4NO2/c1-3-9(2)19(8-13(20)21)7-10-4-5-11(15)6-12(10)14(16,17)18/h4-6,9H,3,7-8H2,1-2H3,(H,20,21). The fourth-order valence-corrected chi connectivity index (χ4v) is 1.97. The van der Waals surface area contributed by atoms with Gasteiger partial charge in [0.25, 0.3) is 0 Å². The van der Waals surface area contributed by atoms with Gasteiger partial charge in [0.2, 0.25) is 0 Å². The molecule has 1 aromatic rings. The number of halogens is 4. The van der Waals surface area contributed by atoms with Crippen LogP contribution in [0.5, 0.6) is 0 Å². The van der Waals surface area contributed by atoms with Gasteiger partial charge >= 0.3 is 12.1 Å². The topological polar surface area (TPSA) is 40.5 Å². The Morgan fingerprint density at radius 1 is 1.38 bits per heavy atom. The van der Waals surface area contributed by atoms with Crippen LogP contribution in [0, 0.1) is 5.82 Å². The number of nitrogens with zero attached hydrogens (tertiary/aromatic N) is 1. The van der Waals surface area contributed by atoms with Gasteiger partial charge in [-0.15, -0.1) is 0 Å². The minimum absolute atomic E-state index is 0.134. The molecule has 3 nitrogen and oxygen atoms in total. The second kappa shape index (κ2) is 6.89. The lowest BCUT2D eigenvalue weighted by Gasteiger charge is -2.27. The fraction of sp³-hybridized carbons (Fsp3) is 0.500. The number of hydrogen-bond donors (Lipinski definition) is 1. The molecular weight excluding hydrogens is 290 g/mol. The summed E-state index contributed by atoms with van der Waals surface area (Å²) in [4.78, 5) is 12.3. The number of benzene rings is 1. The number of aliphatic carboxylic acids is 1. The Labute approximate surface area is 120 Å². The molecule has 0 aromatic heterocycles. The Bertz CT molecular complexity index is 502. The lowest BCUT2D eigenvalue weighted by molar-refractivity contribution is -0.139. The minimum atomic E-state index is -4.68. The van der Waals surface area contributed by atoms with Gasteiger partial charge in [0.15, 0.2) is 0 Å². The molecule has 0 heterocycles. The molecule has 0 spiro atoms. The predicted octanol–water partition coefficient (Wildman–Crippen LogP) is 3.53. The largest absolute Gasteiger partial charge is 0.480 e. The van der Waals surface area contributed by atoms with E-state index in [0.717, 1.165) is 12.1 Å². The molecule has 118 valence electrons. The summed E-state index contributed by atoms with van der Waals surface area (Å²) >= 11 is 0. The zero-order chi connectivity index (χ0) is 16.2. The van der Waals surface area contributed by atoms with Gasteiger partial charge in [-0.2, -0.15) is 13.2 Å². The summed E-state index contributed by atoms with van der Waals surface area (Å²) < 4.78 is 51.8. The molecule has 0 aliphatic carbocycles. The van der Waals surface area contributed by atoms with Crippen LogP contribution in [0.15, 0.2) is 18.2 Å². The first kappa shape index (κ1) is 17.4. The van der Waals surface area contributed by atoms with Crippen molar-refractivity contribution in [3.63, 3.8) is 0 Å². The number of carboxylic acid groups (broad SMARTS) is 1. The highest BCUT2D eigenvalue weighted by atomic mass is 19.4. The zero-order valence-corrected chi connectivity index (χ0v) is 11.7. The molecule has 0 saturated carbocycles. The predicted molar refractivity (Wildman–Crippen MR) is 69.2 cm³/mol. The van der Waals surface area contributed by atoms with E-state index in [9.17, 15) is 22.4 Å². The summed E-state index contributed by atoms with van der Waals surface area (Å²) in [6.45, 7) is 2.98. The summed E-state index contributed by atoms with van der Waals surface area (Å²) in [5.74, 6) is -2.09. The number of hydrogen-bond acceptors (Lipinski definition) is 2. The van der Waals surface area contributed by atoms with E-state index in [4.69, 9.17) is 5.11 Å². The molecule has 0 aliphatic rings. The second-order valence-corrected chi connectivity index (χ2v) is 4.86. The molecule has 0 amide bonds. The first-order chi connectivity index (χ1) is 9.65. The molecule has 1 rings (SSSR count). The molecule has 0 radical (unpaired) electrons. The highest BCUT2D eigenvalue weighted by molar-refractivity contribution is 5.69. The van der Waals surface area contributed by atoms with Crippen LogP contribution in [-0.2, 0) is 17.5 Å². The first-order valence-corrected chi connectivity index (χ1v) is 6.46. The normalized spacial score (nSPS) is 13.5. The molecule has 1 atom stereocenters. The van der Waals surface area contributed by atoms with Gasteiger partial charge in [-0.05, 0) is 31.0 Å². The van der Waals surface area contributed by atoms with Crippen molar-refractivity contribution in [1.82, 2.24) is 4.90 Å². The number of carbonyl (C=O) groups is 1. The van der Waals surface area contributed by atoms with Crippen LogP contribution in [0.25, 0.3) is 0 Å². The summed E-state index contributed by atoms with van der Waals surface area (Å²) in [5, 5.41) is 8.86. The van der Waals surface area contributed by atoms with Gasteiger partial charge in [0.05, 0.1) is 12.1 Å². The molecule has 7 heteroatoms. The van der Waals surface area contributed by atoms with Gasteiger partial charge in [-0.3, -0.25) is 9.69 Å².